The van der Waals surface area contributed by atoms with Crippen LogP contribution in [0, 0.1) is 18.3 Å². The Labute approximate surface area is 133 Å². The van der Waals surface area contributed by atoms with Gasteiger partial charge in [0.15, 0.2) is 11.8 Å². The third-order valence-corrected chi connectivity index (χ3v) is 4.17. The molecule has 0 saturated heterocycles. The maximum atomic E-state index is 5.10. The van der Waals surface area contributed by atoms with Crippen LogP contribution in [0.5, 0.6) is 0 Å². The fourth-order valence-corrected chi connectivity index (χ4v) is 3.16. The Morgan fingerprint density at radius 3 is 2.64 bits per heavy atom. The molecule has 1 aromatic rings. The van der Waals surface area contributed by atoms with E-state index in [4.69, 9.17) is 4.52 Å². The summed E-state index contributed by atoms with van der Waals surface area (Å²) in [4.78, 5) is 8.71. The summed E-state index contributed by atoms with van der Waals surface area (Å²) >= 11 is 0. The average Bonchev–Trinajstić information content (AvgIpc) is 2.84. The molecular formula is C16H29N5O. The zero-order valence-electron chi connectivity index (χ0n) is 14.3. The average molecular weight is 307 g/mol. The van der Waals surface area contributed by atoms with Crippen LogP contribution >= 0.6 is 0 Å². The molecule has 0 aliphatic heterocycles. The molecule has 2 rings (SSSR count). The van der Waals surface area contributed by atoms with E-state index in [1.165, 1.54) is 25.7 Å². The lowest BCUT2D eigenvalue weighted by atomic mass is 9.64. The van der Waals surface area contributed by atoms with Crippen LogP contribution in [0.2, 0.25) is 0 Å². The van der Waals surface area contributed by atoms with Crippen molar-refractivity contribution in [2.75, 3.05) is 13.1 Å². The lowest BCUT2D eigenvalue weighted by molar-refractivity contribution is 0.104. The largest absolute Gasteiger partial charge is 0.357 e. The molecule has 0 amide bonds. The quantitative estimate of drug-likeness (QED) is 0.598. The number of nitrogens with one attached hydrogen (secondary N) is 2. The molecule has 22 heavy (non-hydrogen) atoms. The second kappa shape index (κ2) is 7.61. The van der Waals surface area contributed by atoms with Crippen LogP contribution in [0.15, 0.2) is 9.52 Å². The summed E-state index contributed by atoms with van der Waals surface area (Å²) in [5, 5.41) is 10.6. The summed E-state index contributed by atoms with van der Waals surface area (Å²) in [5.74, 6) is 2.76. The van der Waals surface area contributed by atoms with E-state index in [9.17, 15) is 0 Å². The number of rotatable bonds is 7. The Hall–Kier alpha value is -1.59. The first-order valence-corrected chi connectivity index (χ1v) is 8.34. The van der Waals surface area contributed by atoms with Gasteiger partial charge in [-0.1, -0.05) is 25.4 Å². The van der Waals surface area contributed by atoms with Crippen molar-refractivity contribution in [3.05, 3.63) is 11.7 Å². The van der Waals surface area contributed by atoms with E-state index in [1.54, 1.807) is 0 Å². The first-order chi connectivity index (χ1) is 10.5. The third-order valence-electron chi connectivity index (χ3n) is 4.17. The molecule has 0 radical (unpaired) electrons. The Bertz CT molecular complexity index is 490. The second-order valence-corrected chi connectivity index (χ2v) is 6.74. The first-order valence-electron chi connectivity index (χ1n) is 8.34. The normalized spacial score (nSPS) is 17.4. The Morgan fingerprint density at radius 2 is 2.14 bits per heavy atom. The number of aliphatic imine (C=N–C) groups is 1. The molecule has 6 heteroatoms. The van der Waals surface area contributed by atoms with Crippen molar-refractivity contribution < 1.29 is 4.52 Å². The van der Waals surface area contributed by atoms with Gasteiger partial charge in [0.1, 0.15) is 6.54 Å². The maximum Gasteiger partial charge on any atom is 0.248 e. The number of aryl methyl sites for hydroxylation is 1. The van der Waals surface area contributed by atoms with E-state index in [2.05, 4.69) is 46.5 Å². The molecular weight excluding hydrogens is 278 g/mol. The zero-order chi connectivity index (χ0) is 16.0. The van der Waals surface area contributed by atoms with Gasteiger partial charge in [0.25, 0.3) is 0 Å². The van der Waals surface area contributed by atoms with Crippen LogP contribution in [0.4, 0.5) is 0 Å². The second-order valence-electron chi connectivity index (χ2n) is 6.74. The summed E-state index contributed by atoms with van der Waals surface area (Å²) in [6.07, 6.45) is 5.27. The fraction of sp³-hybridized carbons (Fsp3) is 0.812. The van der Waals surface area contributed by atoms with Gasteiger partial charge in [-0.2, -0.15) is 4.98 Å². The van der Waals surface area contributed by atoms with Gasteiger partial charge in [0.2, 0.25) is 5.89 Å². The van der Waals surface area contributed by atoms with Gasteiger partial charge in [-0.25, -0.2) is 4.99 Å². The van der Waals surface area contributed by atoms with Crippen molar-refractivity contribution in [3.8, 4) is 0 Å². The number of nitrogens with zero attached hydrogens (tertiary/aromatic N) is 3. The molecule has 1 aliphatic carbocycles. The molecule has 0 spiro atoms. The van der Waals surface area contributed by atoms with E-state index in [-0.39, 0.29) is 0 Å². The van der Waals surface area contributed by atoms with Gasteiger partial charge in [-0.3, -0.25) is 0 Å². The SMILES string of the molecule is CCNC(=NCc1nc(C)no1)NCC1(CC(C)C)CCC1. The molecule has 0 atom stereocenters. The van der Waals surface area contributed by atoms with Crippen molar-refractivity contribution in [2.45, 2.75) is 59.9 Å². The molecule has 1 fully saturated rings. The van der Waals surface area contributed by atoms with Gasteiger partial charge in [-0.15, -0.1) is 0 Å². The van der Waals surface area contributed by atoms with Crippen LogP contribution < -0.4 is 10.6 Å². The summed E-state index contributed by atoms with van der Waals surface area (Å²) < 4.78 is 5.10. The van der Waals surface area contributed by atoms with Crippen LogP contribution in [0.3, 0.4) is 0 Å². The molecule has 0 bridgehead atoms. The minimum absolute atomic E-state index is 0.410. The molecule has 6 nitrogen and oxygen atoms in total. The van der Waals surface area contributed by atoms with Crippen molar-refractivity contribution >= 4 is 5.96 Å². The number of aromatic nitrogens is 2. The summed E-state index contributed by atoms with van der Waals surface area (Å²) in [7, 11) is 0. The number of hydrogen-bond acceptors (Lipinski definition) is 4. The minimum atomic E-state index is 0.410. The van der Waals surface area contributed by atoms with Crippen LogP contribution in [0.1, 0.15) is 58.2 Å². The van der Waals surface area contributed by atoms with E-state index in [0.717, 1.165) is 25.0 Å². The highest BCUT2D eigenvalue weighted by Crippen LogP contribution is 2.45. The highest BCUT2D eigenvalue weighted by molar-refractivity contribution is 5.79. The fourth-order valence-electron chi connectivity index (χ4n) is 3.16. The van der Waals surface area contributed by atoms with E-state index < -0.39 is 0 Å². The van der Waals surface area contributed by atoms with Crippen LogP contribution in [-0.2, 0) is 6.54 Å². The monoisotopic (exact) mass is 307 g/mol. The number of guanidine groups is 1. The van der Waals surface area contributed by atoms with Crippen molar-refractivity contribution in [1.82, 2.24) is 20.8 Å². The molecule has 0 aromatic carbocycles. The Morgan fingerprint density at radius 1 is 1.36 bits per heavy atom. The number of hydrogen-bond donors (Lipinski definition) is 2. The summed E-state index contributed by atoms with van der Waals surface area (Å²) in [5.41, 5.74) is 0.450. The summed E-state index contributed by atoms with van der Waals surface area (Å²) in [6.45, 7) is 10.7. The Kier molecular flexibility index (Phi) is 5.80. The van der Waals surface area contributed by atoms with Crippen molar-refractivity contribution in [1.29, 1.82) is 0 Å². The predicted octanol–water partition coefficient (Wildman–Crippen LogP) is 2.65. The lowest BCUT2D eigenvalue weighted by Crippen LogP contribution is -2.47. The Balaban J connectivity index is 1.90. The van der Waals surface area contributed by atoms with Gasteiger partial charge in [0.05, 0.1) is 0 Å². The van der Waals surface area contributed by atoms with Crippen molar-refractivity contribution in [3.63, 3.8) is 0 Å². The van der Waals surface area contributed by atoms with Gasteiger partial charge < -0.3 is 15.2 Å². The highest BCUT2D eigenvalue weighted by atomic mass is 16.5. The molecule has 1 saturated carbocycles. The van der Waals surface area contributed by atoms with Gasteiger partial charge >= 0.3 is 0 Å². The standard InChI is InChI=1S/C16H29N5O/c1-5-17-15(18-10-14-20-13(4)21-22-14)19-11-16(7-6-8-16)9-12(2)3/h12H,5-11H2,1-4H3,(H2,17,18,19). The van der Waals surface area contributed by atoms with E-state index in [0.29, 0.717) is 23.7 Å². The van der Waals surface area contributed by atoms with Crippen LogP contribution in [0.25, 0.3) is 0 Å². The predicted molar refractivity (Wildman–Crippen MR) is 87.6 cm³/mol. The summed E-state index contributed by atoms with van der Waals surface area (Å²) in [6, 6.07) is 0. The highest BCUT2D eigenvalue weighted by Gasteiger charge is 2.37. The smallest absolute Gasteiger partial charge is 0.248 e. The molecule has 1 aliphatic rings. The molecule has 1 aromatic heterocycles. The van der Waals surface area contributed by atoms with Crippen molar-refractivity contribution in [2.24, 2.45) is 16.3 Å². The molecule has 0 unspecified atom stereocenters. The molecule has 2 N–H and O–H groups in total. The van der Waals surface area contributed by atoms with Crippen LogP contribution in [-0.4, -0.2) is 29.2 Å². The topological polar surface area (TPSA) is 75.3 Å². The van der Waals surface area contributed by atoms with Gasteiger partial charge in [0, 0.05) is 13.1 Å². The third kappa shape index (κ3) is 4.71. The maximum absolute atomic E-state index is 5.10. The van der Waals surface area contributed by atoms with Gasteiger partial charge in [-0.05, 0) is 44.4 Å². The lowest BCUT2D eigenvalue weighted by Gasteiger charge is -2.43. The minimum Gasteiger partial charge on any atom is -0.357 e. The first kappa shape index (κ1) is 16.8. The molecule has 1 heterocycles. The molecule has 124 valence electrons. The van der Waals surface area contributed by atoms with E-state index >= 15 is 0 Å². The van der Waals surface area contributed by atoms with E-state index in [1.807, 2.05) is 6.92 Å². The zero-order valence-corrected chi connectivity index (χ0v) is 14.3.